The molecule has 0 unspecified atom stereocenters. The highest BCUT2D eigenvalue weighted by atomic mass is 16.4. The molecule has 1 saturated heterocycles. The van der Waals surface area contributed by atoms with Crippen LogP contribution in [0.15, 0.2) is 27.6 Å². The third kappa shape index (κ3) is 2.51. The van der Waals surface area contributed by atoms with E-state index in [0.717, 1.165) is 25.9 Å². The summed E-state index contributed by atoms with van der Waals surface area (Å²) >= 11 is 0. The van der Waals surface area contributed by atoms with Crippen molar-refractivity contribution in [2.24, 2.45) is 0 Å². The highest BCUT2D eigenvalue weighted by molar-refractivity contribution is 5.93. The molecule has 2 heterocycles. The molecule has 4 nitrogen and oxygen atoms in total. The van der Waals surface area contributed by atoms with Crippen molar-refractivity contribution in [3.05, 3.63) is 34.4 Å². The van der Waals surface area contributed by atoms with E-state index < -0.39 is 5.63 Å². The van der Waals surface area contributed by atoms with E-state index in [9.17, 15) is 9.59 Å². The summed E-state index contributed by atoms with van der Waals surface area (Å²) in [6.45, 7) is 1.61. The maximum Gasteiger partial charge on any atom is 0.335 e. The number of likely N-dealkylation sites (tertiary alicyclic amines) is 1. The third-order valence-corrected chi connectivity index (χ3v) is 2.84. The van der Waals surface area contributed by atoms with Crippen LogP contribution in [-0.4, -0.2) is 23.9 Å². The van der Waals surface area contributed by atoms with E-state index in [1.807, 2.05) is 4.90 Å². The molecule has 16 heavy (non-hydrogen) atoms. The van der Waals surface area contributed by atoms with E-state index in [0.29, 0.717) is 5.56 Å². The third-order valence-electron chi connectivity index (χ3n) is 2.84. The highest BCUT2D eigenvalue weighted by Crippen LogP contribution is 2.12. The van der Waals surface area contributed by atoms with Crippen molar-refractivity contribution in [3.63, 3.8) is 0 Å². The van der Waals surface area contributed by atoms with Crippen molar-refractivity contribution in [1.29, 1.82) is 0 Å². The summed E-state index contributed by atoms with van der Waals surface area (Å²) in [4.78, 5) is 24.6. The highest BCUT2D eigenvalue weighted by Gasteiger charge is 2.17. The van der Waals surface area contributed by atoms with E-state index in [1.165, 1.54) is 31.2 Å². The molecule has 1 aromatic rings. The zero-order valence-corrected chi connectivity index (χ0v) is 9.15. The minimum atomic E-state index is -0.424. The average Bonchev–Trinajstić information content (AvgIpc) is 2.57. The van der Waals surface area contributed by atoms with Gasteiger partial charge < -0.3 is 9.32 Å². The van der Waals surface area contributed by atoms with Crippen molar-refractivity contribution in [3.8, 4) is 0 Å². The lowest BCUT2D eigenvalue weighted by Gasteiger charge is -2.19. The first-order valence-electron chi connectivity index (χ1n) is 5.65. The number of carbonyl (C=O) groups excluding carboxylic acids is 1. The second-order valence-corrected chi connectivity index (χ2v) is 4.05. The molecule has 2 rings (SSSR count). The number of nitrogens with zero attached hydrogens (tertiary/aromatic N) is 1. The van der Waals surface area contributed by atoms with Gasteiger partial charge in [-0.25, -0.2) is 4.79 Å². The van der Waals surface area contributed by atoms with Gasteiger partial charge in [-0.3, -0.25) is 4.79 Å². The van der Waals surface area contributed by atoms with Crippen LogP contribution in [0.3, 0.4) is 0 Å². The molecular weight excluding hydrogens is 206 g/mol. The van der Waals surface area contributed by atoms with E-state index >= 15 is 0 Å². The largest absolute Gasteiger partial charge is 0.430 e. The summed E-state index contributed by atoms with van der Waals surface area (Å²) in [6, 6.07) is 2.81. The molecule has 0 aliphatic carbocycles. The molecule has 0 bridgehead atoms. The van der Waals surface area contributed by atoms with Crippen LogP contribution in [0.4, 0.5) is 0 Å². The molecule has 0 spiro atoms. The molecule has 0 aromatic carbocycles. The van der Waals surface area contributed by atoms with Gasteiger partial charge >= 0.3 is 5.63 Å². The number of amides is 1. The van der Waals surface area contributed by atoms with Crippen LogP contribution >= 0.6 is 0 Å². The Morgan fingerprint density at radius 2 is 1.81 bits per heavy atom. The minimum Gasteiger partial charge on any atom is -0.430 e. The Bertz CT molecular complexity index is 396. The molecular formula is C12H15NO3. The van der Waals surface area contributed by atoms with Crippen molar-refractivity contribution in [2.45, 2.75) is 25.7 Å². The van der Waals surface area contributed by atoms with Gasteiger partial charge in [0.25, 0.3) is 5.91 Å². The Morgan fingerprint density at radius 3 is 2.38 bits per heavy atom. The molecule has 0 atom stereocenters. The van der Waals surface area contributed by atoms with Gasteiger partial charge in [0.15, 0.2) is 0 Å². The fourth-order valence-corrected chi connectivity index (χ4v) is 1.94. The molecule has 0 N–H and O–H groups in total. The fourth-order valence-electron chi connectivity index (χ4n) is 1.94. The zero-order chi connectivity index (χ0) is 11.4. The second-order valence-electron chi connectivity index (χ2n) is 4.05. The maximum atomic E-state index is 12.0. The molecule has 0 saturated carbocycles. The molecule has 1 aliphatic heterocycles. The number of rotatable bonds is 1. The van der Waals surface area contributed by atoms with Crippen molar-refractivity contribution in [1.82, 2.24) is 4.90 Å². The normalized spacial score (nSPS) is 16.9. The Kier molecular flexibility index (Phi) is 3.39. The molecule has 1 aliphatic rings. The Hall–Kier alpha value is -1.58. The summed E-state index contributed by atoms with van der Waals surface area (Å²) in [5.41, 5.74) is 0.0360. The van der Waals surface area contributed by atoms with E-state index in [4.69, 9.17) is 4.42 Å². The van der Waals surface area contributed by atoms with Crippen molar-refractivity contribution < 1.29 is 9.21 Å². The Balaban J connectivity index is 2.11. The van der Waals surface area contributed by atoms with Crippen LogP contribution in [0.25, 0.3) is 0 Å². The molecule has 1 fully saturated rings. The van der Waals surface area contributed by atoms with Crippen molar-refractivity contribution in [2.75, 3.05) is 13.1 Å². The van der Waals surface area contributed by atoms with Gasteiger partial charge in [0, 0.05) is 19.2 Å². The summed E-state index contributed by atoms with van der Waals surface area (Å²) in [5, 5.41) is 0. The minimum absolute atomic E-state index is 0.0364. The SMILES string of the molecule is O=C(c1ccc(=O)oc1)N1CCCCCC1. The zero-order valence-electron chi connectivity index (χ0n) is 9.15. The van der Waals surface area contributed by atoms with Gasteiger partial charge in [0.05, 0.1) is 5.56 Å². The number of carbonyl (C=O) groups is 1. The van der Waals surface area contributed by atoms with Crippen LogP contribution in [-0.2, 0) is 0 Å². The average molecular weight is 221 g/mol. The van der Waals surface area contributed by atoms with Crippen LogP contribution in [0.5, 0.6) is 0 Å². The predicted octanol–water partition coefficient (Wildman–Crippen LogP) is 1.66. The summed E-state index contributed by atoms with van der Waals surface area (Å²) < 4.78 is 4.70. The van der Waals surface area contributed by atoms with Gasteiger partial charge in [0.1, 0.15) is 6.26 Å². The second kappa shape index (κ2) is 4.96. The molecule has 0 radical (unpaired) electrons. The van der Waals surface area contributed by atoms with E-state index in [1.54, 1.807) is 0 Å². The van der Waals surface area contributed by atoms with E-state index in [2.05, 4.69) is 0 Å². The van der Waals surface area contributed by atoms with Gasteiger partial charge in [-0.05, 0) is 18.9 Å². The Morgan fingerprint density at radius 1 is 1.12 bits per heavy atom. The monoisotopic (exact) mass is 221 g/mol. The lowest BCUT2D eigenvalue weighted by molar-refractivity contribution is 0.0759. The molecule has 4 heteroatoms. The van der Waals surface area contributed by atoms with Crippen molar-refractivity contribution >= 4 is 5.91 Å². The topological polar surface area (TPSA) is 50.5 Å². The first-order valence-corrected chi connectivity index (χ1v) is 5.65. The van der Waals surface area contributed by atoms with Crippen LogP contribution in [0, 0.1) is 0 Å². The van der Waals surface area contributed by atoms with Gasteiger partial charge in [0.2, 0.25) is 0 Å². The first-order chi connectivity index (χ1) is 7.77. The molecule has 1 aromatic heterocycles. The smallest absolute Gasteiger partial charge is 0.335 e. The lowest BCUT2D eigenvalue weighted by Crippen LogP contribution is -2.31. The van der Waals surface area contributed by atoms with Crippen LogP contribution in [0.1, 0.15) is 36.0 Å². The first kappa shape index (κ1) is 10.9. The van der Waals surface area contributed by atoms with Gasteiger partial charge in [-0.2, -0.15) is 0 Å². The Labute approximate surface area is 93.9 Å². The van der Waals surface area contributed by atoms with E-state index in [-0.39, 0.29) is 5.91 Å². The standard InChI is InChI=1S/C12H15NO3/c14-11-6-5-10(9-16-11)12(15)13-7-3-1-2-4-8-13/h5-6,9H,1-4,7-8H2. The predicted molar refractivity (Wildman–Crippen MR) is 59.3 cm³/mol. The summed E-state index contributed by atoms with van der Waals surface area (Å²) in [7, 11) is 0. The number of hydrogen-bond acceptors (Lipinski definition) is 3. The summed E-state index contributed by atoms with van der Waals surface area (Å²) in [5.74, 6) is -0.0364. The lowest BCUT2D eigenvalue weighted by atomic mass is 10.2. The van der Waals surface area contributed by atoms with Gasteiger partial charge in [-0.15, -0.1) is 0 Å². The maximum absolute atomic E-state index is 12.0. The number of hydrogen-bond donors (Lipinski definition) is 0. The summed E-state index contributed by atoms with van der Waals surface area (Å²) in [6.07, 6.45) is 5.74. The molecule has 1 amide bonds. The fraction of sp³-hybridized carbons (Fsp3) is 0.500. The van der Waals surface area contributed by atoms with Crippen LogP contribution < -0.4 is 5.63 Å². The van der Waals surface area contributed by atoms with Crippen LogP contribution in [0.2, 0.25) is 0 Å². The molecule has 86 valence electrons. The quantitative estimate of drug-likeness (QED) is 0.724. The van der Waals surface area contributed by atoms with Gasteiger partial charge in [-0.1, -0.05) is 12.8 Å².